The molecule has 0 aliphatic carbocycles. The van der Waals surface area contributed by atoms with E-state index in [2.05, 4.69) is 5.10 Å². The maximum atomic E-state index is 9.82. The van der Waals surface area contributed by atoms with Crippen LogP contribution in [0.5, 0.6) is 0 Å². The Kier molecular flexibility index (Phi) is 3.10. The lowest BCUT2D eigenvalue weighted by Gasteiger charge is -2.13. The Balaban J connectivity index is 2.34. The fourth-order valence-corrected chi connectivity index (χ4v) is 1.77. The molecule has 5 heteroatoms. The summed E-state index contributed by atoms with van der Waals surface area (Å²) in [5.74, 6) is 0.390. The molecular weight excluding hydrogens is 226 g/mol. The van der Waals surface area contributed by atoms with E-state index in [0.717, 1.165) is 21.6 Å². The first-order valence-corrected chi connectivity index (χ1v) is 5.50. The highest BCUT2D eigenvalue weighted by atomic mass is 35.5. The Hall–Kier alpha value is -1.55. The molecule has 0 atom stereocenters. The zero-order valence-corrected chi connectivity index (χ0v) is 9.72. The predicted octanol–water partition coefficient (Wildman–Crippen LogP) is 1.61. The van der Waals surface area contributed by atoms with Crippen molar-refractivity contribution in [3.63, 3.8) is 0 Å². The average molecular weight is 239 g/mol. The summed E-state index contributed by atoms with van der Waals surface area (Å²) < 4.78 is 1.11. The SMILES string of the molecule is CN1C=C(c2ccc(CCl)c[n+]2O)CC=N1. The van der Waals surface area contributed by atoms with Crippen molar-refractivity contribution in [3.05, 3.63) is 35.8 Å². The normalized spacial score (nSPS) is 15.1. The second-order valence-corrected chi connectivity index (χ2v) is 3.90. The highest BCUT2D eigenvalue weighted by molar-refractivity contribution is 6.17. The molecule has 0 spiro atoms. The van der Waals surface area contributed by atoms with Crippen molar-refractivity contribution in [1.82, 2.24) is 5.01 Å². The van der Waals surface area contributed by atoms with Crippen molar-refractivity contribution >= 4 is 23.4 Å². The quantitative estimate of drug-likeness (QED) is 0.483. The third-order valence-electron chi connectivity index (χ3n) is 2.39. The van der Waals surface area contributed by atoms with Crippen LogP contribution in [-0.4, -0.2) is 23.5 Å². The van der Waals surface area contributed by atoms with Gasteiger partial charge in [0.2, 0.25) is 6.20 Å². The van der Waals surface area contributed by atoms with Crippen LogP contribution < -0.4 is 4.73 Å². The van der Waals surface area contributed by atoms with Gasteiger partial charge in [-0.15, -0.1) is 11.6 Å². The summed E-state index contributed by atoms with van der Waals surface area (Å²) in [6, 6.07) is 3.76. The molecule has 84 valence electrons. The summed E-state index contributed by atoms with van der Waals surface area (Å²) >= 11 is 5.69. The van der Waals surface area contributed by atoms with E-state index in [1.807, 2.05) is 31.6 Å². The zero-order valence-electron chi connectivity index (χ0n) is 8.97. The molecule has 0 bridgehead atoms. The molecule has 16 heavy (non-hydrogen) atoms. The minimum Gasteiger partial charge on any atom is -0.285 e. The van der Waals surface area contributed by atoms with E-state index in [1.54, 1.807) is 11.2 Å². The van der Waals surface area contributed by atoms with Crippen molar-refractivity contribution in [2.24, 2.45) is 5.10 Å². The van der Waals surface area contributed by atoms with Crippen molar-refractivity contribution in [2.75, 3.05) is 7.05 Å². The number of alkyl halides is 1. The lowest BCUT2D eigenvalue weighted by atomic mass is 10.1. The van der Waals surface area contributed by atoms with Crippen LogP contribution in [0.25, 0.3) is 5.57 Å². The molecule has 1 aromatic rings. The van der Waals surface area contributed by atoms with Gasteiger partial charge in [0.05, 0.1) is 11.5 Å². The molecular formula is C11H13ClN3O+. The second kappa shape index (κ2) is 4.53. The summed E-state index contributed by atoms with van der Waals surface area (Å²) in [5, 5.41) is 15.6. The van der Waals surface area contributed by atoms with Crippen molar-refractivity contribution < 1.29 is 9.94 Å². The molecule has 0 fully saturated rings. The Morgan fingerprint density at radius 3 is 3.00 bits per heavy atom. The molecule has 0 unspecified atom stereocenters. The van der Waals surface area contributed by atoms with Crippen LogP contribution in [0, 0.1) is 0 Å². The number of hydrogen-bond acceptors (Lipinski definition) is 3. The van der Waals surface area contributed by atoms with Crippen LogP contribution in [0.3, 0.4) is 0 Å². The van der Waals surface area contributed by atoms with Gasteiger partial charge in [-0.2, -0.15) is 5.10 Å². The lowest BCUT2D eigenvalue weighted by Crippen LogP contribution is -2.35. The Morgan fingerprint density at radius 1 is 1.56 bits per heavy atom. The number of hydrazone groups is 1. The van der Waals surface area contributed by atoms with Gasteiger partial charge in [0.1, 0.15) is 0 Å². The van der Waals surface area contributed by atoms with E-state index in [0.29, 0.717) is 12.3 Å². The standard InChI is InChI=1S/C11H13ClN3O/c1-14-8-10(4-5-13-14)11-3-2-9(6-12)7-15(11)16/h2-3,5,7-8,16H,4,6H2,1H3/q+1. The van der Waals surface area contributed by atoms with Gasteiger partial charge < -0.3 is 0 Å². The maximum Gasteiger partial charge on any atom is 0.262 e. The molecule has 1 aromatic heterocycles. The Labute approximate surface area is 99.0 Å². The van der Waals surface area contributed by atoms with E-state index >= 15 is 0 Å². The third kappa shape index (κ3) is 2.17. The number of hydrogen-bond donors (Lipinski definition) is 1. The van der Waals surface area contributed by atoms with Crippen LogP contribution >= 0.6 is 11.6 Å². The fourth-order valence-electron chi connectivity index (χ4n) is 1.62. The molecule has 0 saturated carbocycles. The highest BCUT2D eigenvalue weighted by Gasteiger charge is 2.18. The monoisotopic (exact) mass is 238 g/mol. The number of aromatic nitrogens is 1. The first-order chi connectivity index (χ1) is 7.70. The molecule has 0 amide bonds. The molecule has 1 N–H and O–H groups in total. The Bertz CT molecular complexity index is 457. The summed E-state index contributed by atoms with van der Waals surface area (Å²) in [6.45, 7) is 0. The van der Waals surface area contributed by atoms with Crippen molar-refractivity contribution in [3.8, 4) is 0 Å². The smallest absolute Gasteiger partial charge is 0.262 e. The topological polar surface area (TPSA) is 39.7 Å². The number of allylic oxidation sites excluding steroid dienone is 1. The first-order valence-electron chi connectivity index (χ1n) is 4.97. The maximum absolute atomic E-state index is 9.82. The van der Waals surface area contributed by atoms with Crippen LogP contribution in [0.4, 0.5) is 0 Å². The largest absolute Gasteiger partial charge is 0.285 e. The number of nitrogens with zero attached hydrogens (tertiary/aromatic N) is 3. The molecule has 2 heterocycles. The second-order valence-electron chi connectivity index (χ2n) is 3.63. The van der Waals surface area contributed by atoms with Gasteiger partial charge in [0.25, 0.3) is 5.69 Å². The van der Waals surface area contributed by atoms with Crippen LogP contribution in [0.2, 0.25) is 0 Å². The zero-order chi connectivity index (χ0) is 11.5. The van der Waals surface area contributed by atoms with Gasteiger partial charge in [-0.05, 0) is 6.07 Å². The summed E-state index contributed by atoms with van der Waals surface area (Å²) in [4.78, 5) is 0. The molecule has 0 aromatic carbocycles. The third-order valence-corrected chi connectivity index (χ3v) is 2.70. The number of halogens is 1. The Morgan fingerprint density at radius 2 is 2.38 bits per heavy atom. The van der Waals surface area contributed by atoms with Gasteiger partial charge in [-0.3, -0.25) is 10.2 Å². The van der Waals surface area contributed by atoms with Crippen LogP contribution in [0.1, 0.15) is 17.7 Å². The number of pyridine rings is 1. The van der Waals surface area contributed by atoms with E-state index in [9.17, 15) is 5.21 Å². The minimum atomic E-state index is 0.390. The first kappa shape index (κ1) is 11.0. The average Bonchev–Trinajstić information content (AvgIpc) is 2.28. The fraction of sp³-hybridized carbons (Fsp3) is 0.273. The van der Waals surface area contributed by atoms with E-state index < -0.39 is 0 Å². The van der Waals surface area contributed by atoms with Gasteiger partial charge in [0, 0.05) is 42.2 Å². The lowest BCUT2D eigenvalue weighted by molar-refractivity contribution is -0.906. The van der Waals surface area contributed by atoms with E-state index in [1.165, 1.54) is 0 Å². The minimum absolute atomic E-state index is 0.390. The number of rotatable bonds is 2. The molecule has 1 aliphatic heterocycles. The molecule has 2 rings (SSSR count). The van der Waals surface area contributed by atoms with Crippen LogP contribution in [-0.2, 0) is 5.88 Å². The summed E-state index contributed by atoms with van der Waals surface area (Å²) in [5.41, 5.74) is 2.65. The molecule has 0 radical (unpaired) electrons. The van der Waals surface area contributed by atoms with Crippen molar-refractivity contribution in [1.29, 1.82) is 0 Å². The molecule has 0 saturated heterocycles. The van der Waals surface area contributed by atoms with Gasteiger partial charge in [0.15, 0.2) is 0 Å². The summed E-state index contributed by atoms with van der Waals surface area (Å²) in [7, 11) is 1.85. The van der Waals surface area contributed by atoms with Gasteiger partial charge in [-0.25, -0.2) is 0 Å². The molecule has 1 aliphatic rings. The van der Waals surface area contributed by atoms with Gasteiger partial charge in [-0.1, -0.05) is 0 Å². The molecule has 4 nitrogen and oxygen atoms in total. The summed E-state index contributed by atoms with van der Waals surface area (Å²) in [6.07, 6.45) is 6.03. The van der Waals surface area contributed by atoms with E-state index in [4.69, 9.17) is 11.6 Å². The predicted molar refractivity (Wildman–Crippen MR) is 62.2 cm³/mol. The van der Waals surface area contributed by atoms with Crippen LogP contribution in [0.15, 0.2) is 29.6 Å². The van der Waals surface area contributed by atoms with E-state index in [-0.39, 0.29) is 0 Å². The van der Waals surface area contributed by atoms with Gasteiger partial charge >= 0.3 is 0 Å². The van der Waals surface area contributed by atoms with Crippen molar-refractivity contribution in [2.45, 2.75) is 12.3 Å². The highest BCUT2D eigenvalue weighted by Crippen LogP contribution is 2.17.